The van der Waals surface area contributed by atoms with Crippen LogP contribution in [0.5, 0.6) is 0 Å². The van der Waals surface area contributed by atoms with Crippen molar-refractivity contribution in [3.63, 3.8) is 0 Å². The molecule has 1 N–H and O–H groups in total. The van der Waals surface area contributed by atoms with Crippen molar-refractivity contribution in [3.8, 4) is 0 Å². The number of carboxylic acids is 1. The van der Waals surface area contributed by atoms with Gasteiger partial charge in [0.05, 0.1) is 31.1 Å². The Morgan fingerprint density at radius 1 is 0.786 bits per heavy atom. The molecule has 0 radical (unpaired) electrons. The molecule has 0 aliphatic carbocycles. The maximum absolute atomic E-state index is 13.7. The van der Waals surface area contributed by atoms with E-state index in [1.165, 1.54) is 0 Å². The molecule has 1 fully saturated rings. The average molecular weight is 791 g/mol. The number of esters is 3. The third kappa shape index (κ3) is 22.0. The van der Waals surface area contributed by atoms with E-state index in [9.17, 15) is 24.3 Å². The van der Waals surface area contributed by atoms with Crippen LogP contribution >= 0.6 is 0 Å². The Balaban J connectivity index is 2.44. The monoisotopic (exact) mass is 790 g/mol. The summed E-state index contributed by atoms with van der Waals surface area (Å²) in [5.74, 6) is -2.31. The lowest BCUT2D eigenvalue weighted by molar-refractivity contribution is -0.163. The van der Waals surface area contributed by atoms with E-state index in [0.29, 0.717) is 85.1 Å². The van der Waals surface area contributed by atoms with E-state index in [1.807, 2.05) is 74.4 Å². The van der Waals surface area contributed by atoms with Crippen LogP contribution in [0.2, 0.25) is 0 Å². The highest BCUT2D eigenvalue weighted by Crippen LogP contribution is 2.18. The summed E-state index contributed by atoms with van der Waals surface area (Å²) in [6.07, 6.45) is 0.402. The smallest absolute Gasteiger partial charge is 0.323 e. The van der Waals surface area contributed by atoms with Crippen LogP contribution in [0.4, 0.5) is 0 Å². The molecule has 17 nitrogen and oxygen atoms in total. The molecule has 1 unspecified atom stereocenters. The Morgan fingerprint density at radius 3 is 1.79 bits per heavy atom. The predicted octanol–water partition coefficient (Wildman–Crippen LogP) is 4.28. The Bertz CT molecular complexity index is 1400. The van der Waals surface area contributed by atoms with Gasteiger partial charge in [0.15, 0.2) is 0 Å². The van der Waals surface area contributed by atoms with Crippen LogP contribution in [0.1, 0.15) is 93.0 Å². The van der Waals surface area contributed by atoms with Crippen molar-refractivity contribution in [1.82, 2.24) is 24.6 Å². The zero-order valence-electron chi connectivity index (χ0n) is 35.1. The van der Waals surface area contributed by atoms with Gasteiger partial charge < -0.3 is 24.1 Å². The van der Waals surface area contributed by atoms with Crippen molar-refractivity contribution in [1.29, 1.82) is 0 Å². The fourth-order valence-corrected chi connectivity index (χ4v) is 5.92. The van der Waals surface area contributed by atoms with Crippen LogP contribution in [0.15, 0.2) is 23.3 Å². The highest BCUT2D eigenvalue weighted by atomic mass is 16.6. The lowest BCUT2D eigenvalue weighted by Crippen LogP contribution is -2.52. The number of carboxylic acid groups (broad SMARTS) is 1. The van der Waals surface area contributed by atoms with Crippen LogP contribution in [-0.4, -0.2) is 155 Å². The first-order chi connectivity index (χ1) is 26.1. The Kier molecular flexibility index (Phi) is 20.2. The number of nitrogens with zero attached hydrogens (tertiary/aromatic N) is 8. The molecule has 1 atom stereocenters. The van der Waals surface area contributed by atoms with Gasteiger partial charge in [-0.3, -0.25) is 43.8 Å². The van der Waals surface area contributed by atoms with E-state index in [0.717, 1.165) is 11.4 Å². The Morgan fingerprint density at radius 2 is 1.29 bits per heavy atom. The van der Waals surface area contributed by atoms with Gasteiger partial charge in [-0.25, -0.2) is 0 Å². The van der Waals surface area contributed by atoms with Gasteiger partial charge in [0.1, 0.15) is 22.8 Å². The van der Waals surface area contributed by atoms with Gasteiger partial charge >= 0.3 is 23.9 Å². The summed E-state index contributed by atoms with van der Waals surface area (Å²) in [7, 11) is 0. The van der Waals surface area contributed by atoms with E-state index in [1.54, 1.807) is 20.8 Å². The molecule has 2 heterocycles. The van der Waals surface area contributed by atoms with Crippen LogP contribution in [0.25, 0.3) is 10.4 Å². The summed E-state index contributed by atoms with van der Waals surface area (Å²) < 4.78 is 22.9. The molecule has 0 saturated carbocycles. The molecule has 0 spiro atoms. The molecule has 1 saturated heterocycles. The fourth-order valence-electron chi connectivity index (χ4n) is 5.92. The lowest BCUT2D eigenvalue weighted by atomic mass is 10.1. The largest absolute Gasteiger partial charge is 0.481 e. The van der Waals surface area contributed by atoms with Crippen molar-refractivity contribution < 1.29 is 43.2 Å². The van der Waals surface area contributed by atoms with Gasteiger partial charge in [-0.05, 0) is 92.8 Å². The molecule has 0 amide bonds. The van der Waals surface area contributed by atoms with Gasteiger partial charge in [-0.15, -0.1) is 0 Å². The third-order valence-corrected chi connectivity index (χ3v) is 8.28. The number of pyridine rings is 1. The normalized spacial score (nSPS) is 16.8. The number of aromatic nitrogens is 1. The summed E-state index contributed by atoms with van der Waals surface area (Å²) in [4.78, 5) is 67.4. The number of hydrogen-bond acceptors (Lipinski definition) is 14. The van der Waals surface area contributed by atoms with E-state index in [2.05, 4.69) is 14.9 Å². The van der Waals surface area contributed by atoms with Crippen molar-refractivity contribution in [2.24, 2.45) is 5.11 Å². The fraction of sp³-hybridized carbons (Fsp3) is 0.769. The first-order valence-corrected chi connectivity index (χ1v) is 19.5. The van der Waals surface area contributed by atoms with Crippen LogP contribution in [0.3, 0.4) is 0 Å². The molecule has 0 aromatic carbocycles. The number of ether oxygens (including phenoxy) is 4. The highest BCUT2D eigenvalue weighted by molar-refractivity contribution is 5.77. The van der Waals surface area contributed by atoms with Gasteiger partial charge in [0.25, 0.3) is 0 Å². The molecule has 316 valence electrons. The average Bonchev–Trinajstić information content (AvgIpc) is 3.04. The van der Waals surface area contributed by atoms with Crippen molar-refractivity contribution in [2.75, 3.05) is 78.6 Å². The summed E-state index contributed by atoms with van der Waals surface area (Å²) in [6.45, 7) is 21.2. The topological polar surface area (TPSA) is 200 Å². The second-order valence-corrected chi connectivity index (χ2v) is 17.0. The number of azide groups is 1. The van der Waals surface area contributed by atoms with E-state index < -0.39 is 34.8 Å². The number of aliphatic carboxylic acids is 1. The van der Waals surface area contributed by atoms with Crippen molar-refractivity contribution in [3.05, 3.63) is 40.0 Å². The molecule has 0 bridgehead atoms. The van der Waals surface area contributed by atoms with Gasteiger partial charge in [0, 0.05) is 83.4 Å². The molecule has 56 heavy (non-hydrogen) atoms. The highest BCUT2D eigenvalue weighted by Gasteiger charge is 2.32. The number of carbonyl (C=O) groups excluding carboxylic acids is 3. The molecular formula is C39H66N8O9. The first-order valence-electron chi connectivity index (χ1n) is 19.5. The minimum atomic E-state index is -1.03. The molecular weight excluding hydrogens is 724 g/mol. The maximum atomic E-state index is 13.7. The molecule has 1 aromatic rings. The standard InChI is InChI=1S/C39H66N8O9/c1-37(2,3)54-34(50)27-45-19-17-44(26-30-12-10-13-31(42-30)29-53-25-11-16-41-43-40)18-20-46(28-35(51)55-38(4,5)6)22-24-47(23-21-45)32(14-15-33(48)49)36(52)56-39(7,8)9/h10,12-13,32H,11,14-29H2,1-9H3,(H,48,49). The lowest BCUT2D eigenvalue weighted by Gasteiger charge is -2.37. The third-order valence-electron chi connectivity index (χ3n) is 8.28. The van der Waals surface area contributed by atoms with E-state index >= 15 is 0 Å². The zero-order chi connectivity index (χ0) is 41.9. The van der Waals surface area contributed by atoms with Gasteiger partial charge in [-0.2, -0.15) is 0 Å². The maximum Gasteiger partial charge on any atom is 0.323 e. The second-order valence-electron chi connectivity index (χ2n) is 17.0. The Labute approximate surface area is 332 Å². The Hall–Kier alpha value is -3.86. The van der Waals surface area contributed by atoms with Crippen LogP contribution in [-0.2, 0) is 51.3 Å². The number of carbonyl (C=O) groups is 4. The van der Waals surface area contributed by atoms with Crippen LogP contribution in [0, 0.1) is 0 Å². The van der Waals surface area contributed by atoms with E-state index in [-0.39, 0.29) is 37.9 Å². The first kappa shape index (κ1) is 48.3. The summed E-state index contributed by atoms with van der Waals surface area (Å²) in [5, 5.41) is 13.1. The minimum Gasteiger partial charge on any atom is -0.481 e. The quantitative estimate of drug-likeness (QED) is 0.0586. The van der Waals surface area contributed by atoms with Gasteiger partial charge in [-0.1, -0.05) is 11.2 Å². The summed E-state index contributed by atoms with van der Waals surface area (Å²) in [6, 6.07) is 4.90. The van der Waals surface area contributed by atoms with Gasteiger partial charge in [0.2, 0.25) is 0 Å². The van der Waals surface area contributed by atoms with Crippen molar-refractivity contribution >= 4 is 23.9 Å². The summed E-state index contributed by atoms with van der Waals surface area (Å²) >= 11 is 0. The minimum absolute atomic E-state index is 0.0146. The SMILES string of the molecule is CC(C)(C)OC(=O)CN1CCN(Cc2cccc(COCCCN=[N+]=[N-])n2)CCN(CC(=O)OC(C)(C)C)CCN(C(CCC(=O)O)C(=O)OC(C)(C)C)CC1. The summed E-state index contributed by atoms with van der Waals surface area (Å²) in [5.41, 5.74) is 7.92. The molecule has 17 heteroatoms. The number of rotatable bonds is 17. The van der Waals surface area contributed by atoms with Crippen molar-refractivity contribution in [2.45, 2.75) is 118 Å². The number of hydrogen-bond donors (Lipinski definition) is 1. The molecule has 2 rings (SSSR count). The van der Waals surface area contributed by atoms with Crippen LogP contribution < -0.4 is 0 Å². The zero-order valence-corrected chi connectivity index (χ0v) is 35.1. The molecule has 1 aliphatic rings. The molecule has 1 aliphatic heterocycles. The second kappa shape index (κ2) is 23.4. The predicted molar refractivity (Wildman–Crippen MR) is 210 cm³/mol. The van der Waals surface area contributed by atoms with E-state index in [4.69, 9.17) is 29.5 Å². The molecule has 1 aromatic heterocycles.